The Morgan fingerprint density at radius 3 is 3.00 bits per heavy atom. The molecule has 0 aliphatic heterocycles. The standard InChI is InChI=1S/C15H17N3O/c1-9-12-5-4-10-8-18(3)17-14(10)15(12,2)6-11(7-16)13(9)19/h6,8-9,12H,4-5H2,1-3H3. The number of rotatable bonds is 0. The highest BCUT2D eigenvalue weighted by Gasteiger charge is 2.49. The largest absolute Gasteiger partial charge is 0.293 e. The molecule has 0 bridgehead atoms. The highest BCUT2D eigenvalue weighted by Crippen LogP contribution is 2.48. The van der Waals surface area contributed by atoms with Gasteiger partial charge >= 0.3 is 0 Å². The van der Waals surface area contributed by atoms with E-state index in [0.29, 0.717) is 5.57 Å². The van der Waals surface area contributed by atoms with Crippen LogP contribution in [0, 0.1) is 23.2 Å². The summed E-state index contributed by atoms with van der Waals surface area (Å²) >= 11 is 0. The van der Waals surface area contributed by atoms with E-state index in [9.17, 15) is 10.1 Å². The number of carbonyl (C=O) groups is 1. The number of ketones is 1. The van der Waals surface area contributed by atoms with Gasteiger partial charge in [-0.25, -0.2) is 0 Å². The lowest BCUT2D eigenvalue weighted by atomic mass is 9.58. The Morgan fingerprint density at radius 2 is 2.32 bits per heavy atom. The fourth-order valence-corrected chi connectivity index (χ4v) is 3.79. The Hall–Kier alpha value is -1.89. The maximum atomic E-state index is 12.2. The third kappa shape index (κ3) is 1.51. The lowest BCUT2D eigenvalue weighted by Gasteiger charge is -2.44. The van der Waals surface area contributed by atoms with E-state index in [4.69, 9.17) is 0 Å². The van der Waals surface area contributed by atoms with Crippen LogP contribution >= 0.6 is 0 Å². The summed E-state index contributed by atoms with van der Waals surface area (Å²) in [6.07, 6.45) is 5.86. The molecule has 1 aromatic rings. The van der Waals surface area contributed by atoms with Crippen molar-refractivity contribution in [2.45, 2.75) is 32.1 Å². The summed E-state index contributed by atoms with van der Waals surface area (Å²) in [6, 6.07) is 2.06. The fraction of sp³-hybridized carbons (Fsp3) is 0.533. The number of fused-ring (bicyclic) bond motifs is 3. The van der Waals surface area contributed by atoms with Crippen molar-refractivity contribution in [2.24, 2.45) is 18.9 Å². The van der Waals surface area contributed by atoms with E-state index in [1.165, 1.54) is 5.56 Å². The zero-order valence-corrected chi connectivity index (χ0v) is 11.5. The molecule has 1 aromatic heterocycles. The third-order valence-electron chi connectivity index (χ3n) is 4.76. The molecule has 0 fully saturated rings. The average molecular weight is 255 g/mol. The lowest BCUT2D eigenvalue weighted by molar-refractivity contribution is -0.121. The van der Waals surface area contributed by atoms with E-state index in [-0.39, 0.29) is 23.0 Å². The zero-order valence-electron chi connectivity index (χ0n) is 11.5. The van der Waals surface area contributed by atoms with Crippen molar-refractivity contribution >= 4 is 5.78 Å². The second-order valence-corrected chi connectivity index (χ2v) is 5.93. The summed E-state index contributed by atoms with van der Waals surface area (Å²) in [5.74, 6) is 0.142. The first-order chi connectivity index (χ1) is 8.97. The summed E-state index contributed by atoms with van der Waals surface area (Å²) in [6.45, 7) is 4.06. The molecule has 3 unspecified atom stereocenters. The van der Waals surface area contributed by atoms with Gasteiger partial charge in [-0.1, -0.05) is 19.9 Å². The van der Waals surface area contributed by atoms with E-state index >= 15 is 0 Å². The van der Waals surface area contributed by atoms with Crippen LogP contribution in [0.3, 0.4) is 0 Å². The number of allylic oxidation sites excluding steroid dienone is 2. The molecule has 0 N–H and O–H groups in total. The van der Waals surface area contributed by atoms with Crippen LogP contribution in [0.1, 0.15) is 31.5 Å². The van der Waals surface area contributed by atoms with Crippen molar-refractivity contribution in [3.8, 4) is 6.07 Å². The third-order valence-corrected chi connectivity index (χ3v) is 4.76. The summed E-state index contributed by atoms with van der Waals surface area (Å²) < 4.78 is 1.83. The summed E-state index contributed by atoms with van der Waals surface area (Å²) in [4.78, 5) is 12.2. The fourth-order valence-electron chi connectivity index (χ4n) is 3.79. The predicted molar refractivity (Wildman–Crippen MR) is 70.2 cm³/mol. The maximum absolute atomic E-state index is 12.2. The molecule has 0 radical (unpaired) electrons. The van der Waals surface area contributed by atoms with Crippen LogP contribution in [0.15, 0.2) is 17.8 Å². The molecular weight excluding hydrogens is 238 g/mol. The predicted octanol–water partition coefficient (Wildman–Crippen LogP) is 1.91. The van der Waals surface area contributed by atoms with Gasteiger partial charge in [-0.15, -0.1) is 0 Å². The highest BCUT2D eigenvalue weighted by molar-refractivity contribution is 6.02. The zero-order chi connectivity index (χ0) is 13.8. The van der Waals surface area contributed by atoms with Gasteiger partial charge in [-0.05, 0) is 24.3 Å². The van der Waals surface area contributed by atoms with Crippen LogP contribution in [-0.4, -0.2) is 15.6 Å². The molecule has 3 rings (SSSR count). The lowest BCUT2D eigenvalue weighted by Crippen LogP contribution is -2.45. The topological polar surface area (TPSA) is 58.7 Å². The van der Waals surface area contributed by atoms with Gasteiger partial charge in [-0.2, -0.15) is 10.4 Å². The van der Waals surface area contributed by atoms with Crippen molar-refractivity contribution < 1.29 is 4.79 Å². The Bertz CT molecular complexity index is 634. The minimum Gasteiger partial charge on any atom is -0.293 e. The van der Waals surface area contributed by atoms with Gasteiger partial charge in [0.2, 0.25) is 0 Å². The molecule has 98 valence electrons. The van der Waals surface area contributed by atoms with Crippen molar-refractivity contribution in [3.63, 3.8) is 0 Å². The molecule has 19 heavy (non-hydrogen) atoms. The first-order valence-corrected chi connectivity index (χ1v) is 6.67. The van der Waals surface area contributed by atoms with Gasteiger partial charge in [0, 0.05) is 24.6 Å². The number of Topliss-reactive ketones (excluding diaryl/α,β-unsaturated/α-hetero) is 1. The van der Waals surface area contributed by atoms with Gasteiger partial charge in [0.25, 0.3) is 0 Å². The van der Waals surface area contributed by atoms with E-state index in [0.717, 1.165) is 18.5 Å². The van der Waals surface area contributed by atoms with E-state index < -0.39 is 0 Å². The number of aromatic nitrogens is 2. The molecule has 0 aromatic carbocycles. The van der Waals surface area contributed by atoms with Gasteiger partial charge in [0.05, 0.1) is 11.3 Å². The molecular formula is C15H17N3O. The number of hydrogen-bond donors (Lipinski definition) is 0. The van der Waals surface area contributed by atoms with Crippen LogP contribution in [-0.2, 0) is 23.7 Å². The molecule has 0 saturated carbocycles. The van der Waals surface area contributed by atoms with Crippen LogP contribution in [0.25, 0.3) is 0 Å². The molecule has 0 saturated heterocycles. The van der Waals surface area contributed by atoms with Crippen molar-refractivity contribution in [1.29, 1.82) is 5.26 Å². The van der Waals surface area contributed by atoms with Gasteiger partial charge in [-0.3, -0.25) is 9.48 Å². The maximum Gasteiger partial charge on any atom is 0.176 e. The highest BCUT2D eigenvalue weighted by atomic mass is 16.1. The van der Waals surface area contributed by atoms with Crippen LogP contribution in [0.4, 0.5) is 0 Å². The summed E-state index contributed by atoms with van der Waals surface area (Å²) in [7, 11) is 1.92. The van der Waals surface area contributed by atoms with Gasteiger partial charge in [0.15, 0.2) is 5.78 Å². The normalized spacial score (nSPS) is 33.2. The summed E-state index contributed by atoms with van der Waals surface area (Å²) in [5, 5.41) is 13.8. The molecule has 2 aliphatic rings. The molecule has 3 atom stereocenters. The van der Waals surface area contributed by atoms with E-state index in [2.05, 4.69) is 24.3 Å². The Labute approximate surface area is 112 Å². The van der Waals surface area contributed by atoms with E-state index in [1.54, 1.807) is 0 Å². The number of nitrogens with zero attached hydrogens (tertiary/aromatic N) is 3. The number of carbonyl (C=O) groups excluding carboxylic acids is 1. The smallest absolute Gasteiger partial charge is 0.176 e. The quantitative estimate of drug-likeness (QED) is 0.711. The van der Waals surface area contributed by atoms with Gasteiger partial charge < -0.3 is 0 Å². The molecule has 0 spiro atoms. The molecule has 4 heteroatoms. The Morgan fingerprint density at radius 1 is 1.58 bits per heavy atom. The van der Waals surface area contributed by atoms with Crippen LogP contribution in [0.5, 0.6) is 0 Å². The summed E-state index contributed by atoms with van der Waals surface area (Å²) in [5.41, 5.74) is 2.30. The first kappa shape index (κ1) is 12.2. The number of nitriles is 1. The van der Waals surface area contributed by atoms with Gasteiger partial charge in [0.1, 0.15) is 6.07 Å². The minimum atomic E-state index is -0.284. The average Bonchev–Trinajstić information content (AvgIpc) is 2.76. The van der Waals surface area contributed by atoms with Crippen molar-refractivity contribution in [1.82, 2.24) is 9.78 Å². The molecule has 1 heterocycles. The minimum absolute atomic E-state index is 0.00986. The van der Waals surface area contributed by atoms with Crippen molar-refractivity contribution in [3.05, 3.63) is 29.1 Å². The second-order valence-electron chi connectivity index (χ2n) is 5.93. The Kier molecular flexibility index (Phi) is 2.43. The first-order valence-electron chi connectivity index (χ1n) is 6.67. The number of aryl methyl sites for hydroxylation is 2. The monoisotopic (exact) mass is 255 g/mol. The van der Waals surface area contributed by atoms with Crippen molar-refractivity contribution in [2.75, 3.05) is 0 Å². The SMILES string of the molecule is CC1C(=O)C(C#N)=CC2(C)c3nn(C)cc3CCC12. The van der Waals surface area contributed by atoms with Crippen LogP contribution in [0.2, 0.25) is 0 Å². The van der Waals surface area contributed by atoms with E-state index in [1.807, 2.05) is 24.7 Å². The molecule has 2 aliphatic carbocycles. The number of hydrogen-bond acceptors (Lipinski definition) is 3. The van der Waals surface area contributed by atoms with Crippen LogP contribution < -0.4 is 0 Å². The second kappa shape index (κ2) is 3.80. The molecule has 4 nitrogen and oxygen atoms in total. The molecule has 0 amide bonds. The Balaban J connectivity index is 2.23.